The number of hydrogen-bond donors (Lipinski definition) is 1. The van der Waals surface area contributed by atoms with Crippen LogP contribution in [-0.2, 0) is 14.8 Å². The van der Waals surface area contributed by atoms with Crippen molar-refractivity contribution >= 4 is 15.9 Å². The Labute approximate surface area is 143 Å². The van der Waals surface area contributed by atoms with Crippen molar-refractivity contribution in [3.05, 3.63) is 23.8 Å². The van der Waals surface area contributed by atoms with Crippen LogP contribution in [0.2, 0.25) is 0 Å². The van der Waals surface area contributed by atoms with Gasteiger partial charge in [0.05, 0.1) is 26.5 Å². The second-order valence-corrected chi connectivity index (χ2v) is 7.80. The van der Waals surface area contributed by atoms with Crippen LogP contribution in [0.15, 0.2) is 18.2 Å². The lowest BCUT2D eigenvalue weighted by molar-refractivity contribution is -0.124. The van der Waals surface area contributed by atoms with Crippen molar-refractivity contribution in [1.82, 2.24) is 9.62 Å². The van der Waals surface area contributed by atoms with Gasteiger partial charge in [-0.1, -0.05) is 0 Å². The van der Waals surface area contributed by atoms with E-state index in [4.69, 9.17) is 9.47 Å². The number of carbonyl (C=O) groups is 1. The van der Waals surface area contributed by atoms with Gasteiger partial charge in [-0.05, 0) is 38.0 Å². The summed E-state index contributed by atoms with van der Waals surface area (Å²) in [5.41, 5.74) is 0.772. The predicted molar refractivity (Wildman–Crippen MR) is 90.7 cm³/mol. The minimum atomic E-state index is -3.39. The van der Waals surface area contributed by atoms with E-state index in [0.717, 1.165) is 11.8 Å². The van der Waals surface area contributed by atoms with Crippen molar-refractivity contribution in [2.24, 2.45) is 0 Å². The molecule has 0 aliphatic carbocycles. The number of methoxy groups -OCH3 is 2. The number of hydrogen-bond acceptors (Lipinski definition) is 5. The summed E-state index contributed by atoms with van der Waals surface area (Å²) in [7, 11) is -0.268. The molecule has 1 aromatic carbocycles. The zero-order chi connectivity index (χ0) is 17.9. The fourth-order valence-electron chi connectivity index (χ4n) is 2.96. The van der Waals surface area contributed by atoms with Crippen molar-refractivity contribution in [3.63, 3.8) is 0 Å². The van der Waals surface area contributed by atoms with Crippen LogP contribution in [0.5, 0.6) is 11.5 Å². The first-order valence-corrected chi connectivity index (χ1v) is 9.62. The quantitative estimate of drug-likeness (QED) is 0.831. The molecule has 0 saturated carbocycles. The third kappa shape index (κ3) is 3.99. The Hall–Kier alpha value is -1.80. The number of benzene rings is 1. The normalized spacial score (nSPS) is 19.8. The molecule has 1 amide bonds. The first-order chi connectivity index (χ1) is 11.3. The summed E-state index contributed by atoms with van der Waals surface area (Å²) in [6, 6.07) is 4.35. The van der Waals surface area contributed by atoms with Crippen molar-refractivity contribution in [3.8, 4) is 11.5 Å². The minimum Gasteiger partial charge on any atom is -0.497 e. The van der Waals surface area contributed by atoms with Crippen molar-refractivity contribution < 1.29 is 22.7 Å². The van der Waals surface area contributed by atoms with Crippen molar-refractivity contribution in [1.29, 1.82) is 0 Å². The summed E-state index contributed by atoms with van der Waals surface area (Å²) in [6.45, 7) is 2.21. The molecule has 0 unspecified atom stereocenters. The van der Waals surface area contributed by atoms with E-state index in [1.165, 1.54) is 4.31 Å². The summed E-state index contributed by atoms with van der Waals surface area (Å²) in [5.74, 6) is 0.996. The van der Waals surface area contributed by atoms with Crippen LogP contribution in [0, 0.1) is 0 Å². The Morgan fingerprint density at radius 1 is 1.33 bits per heavy atom. The molecule has 0 spiro atoms. The molecule has 7 nitrogen and oxygen atoms in total. The standard InChI is InChI=1S/C16H24N2O5S/c1-11(13-10-12(22-2)7-8-15(13)23-3)17-16(19)14-6-5-9-18(14)24(4,20)21/h7-8,10-11,14H,5-6,9H2,1-4H3,(H,17,19)/t11-,14-/m1/s1. The van der Waals surface area contributed by atoms with E-state index < -0.39 is 16.1 Å². The van der Waals surface area contributed by atoms with Gasteiger partial charge in [0.15, 0.2) is 0 Å². The fourth-order valence-corrected chi connectivity index (χ4v) is 4.09. The van der Waals surface area contributed by atoms with E-state index >= 15 is 0 Å². The molecule has 0 radical (unpaired) electrons. The number of rotatable bonds is 6. The van der Waals surface area contributed by atoms with Gasteiger partial charge in [0, 0.05) is 12.1 Å². The third-order valence-corrected chi connectivity index (χ3v) is 5.48. The topological polar surface area (TPSA) is 84.9 Å². The van der Waals surface area contributed by atoms with Gasteiger partial charge in [0.25, 0.3) is 0 Å². The van der Waals surface area contributed by atoms with Crippen LogP contribution < -0.4 is 14.8 Å². The molecule has 1 fully saturated rings. The van der Waals surface area contributed by atoms with Gasteiger partial charge in [-0.2, -0.15) is 4.31 Å². The Morgan fingerprint density at radius 3 is 2.62 bits per heavy atom. The lowest BCUT2D eigenvalue weighted by Crippen LogP contribution is -2.46. The maximum atomic E-state index is 12.6. The van der Waals surface area contributed by atoms with Crippen LogP contribution in [0.1, 0.15) is 31.4 Å². The molecule has 1 saturated heterocycles. The first kappa shape index (κ1) is 18.5. The highest BCUT2D eigenvalue weighted by Crippen LogP contribution is 2.30. The van der Waals surface area contributed by atoms with Gasteiger partial charge in [-0.25, -0.2) is 8.42 Å². The minimum absolute atomic E-state index is 0.296. The lowest BCUT2D eigenvalue weighted by Gasteiger charge is -2.24. The maximum absolute atomic E-state index is 12.6. The van der Waals surface area contributed by atoms with E-state index in [-0.39, 0.29) is 11.9 Å². The van der Waals surface area contributed by atoms with Crippen LogP contribution in [0.25, 0.3) is 0 Å². The molecule has 1 N–H and O–H groups in total. The zero-order valence-electron chi connectivity index (χ0n) is 14.4. The molecular formula is C16H24N2O5S. The van der Waals surface area contributed by atoms with E-state index in [1.807, 2.05) is 6.92 Å². The molecule has 2 atom stereocenters. The number of nitrogens with one attached hydrogen (secondary N) is 1. The van der Waals surface area contributed by atoms with E-state index in [1.54, 1.807) is 32.4 Å². The molecule has 1 aromatic rings. The summed E-state index contributed by atoms with van der Waals surface area (Å²) in [4.78, 5) is 12.6. The van der Waals surface area contributed by atoms with E-state index in [9.17, 15) is 13.2 Å². The third-order valence-electron chi connectivity index (χ3n) is 4.19. The molecule has 134 valence electrons. The van der Waals surface area contributed by atoms with Gasteiger partial charge >= 0.3 is 0 Å². The number of sulfonamides is 1. The fraction of sp³-hybridized carbons (Fsp3) is 0.562. The highest BCUT2D eigenvalue weighted by Gasteiger charge is 2.37. The Balaban J connectivity index is 2.17. The number of carbonyl (C=O) groups excluding carboxylic acids is 1. The summed E-state index contributed by atoms with van der Waals surface area (Å²) in [5, 5.41) is 2.89. The van der Waals surface area contributed by atoms with Crippen molar-refractivity contribution in [2.45, 2.75) is 31.8 Å². The lowest BCUT2D eigenvalue weighted by atomic mass is 10.1. The van der Waals surface area contributed by atoms with Gasteiger partial charge in [-0.15, -0.1) is 0 Å². The maximum Gasteiger partial charge on any atom is 0.238 e. The highest BCUT2D eigenvalue weighted by molar-refractivity contribution is 7.88. The van der Waals surface area contributed by atoms with Crippen LogP contribution >= 0.6 is 0 Å². The van der Waals surface area contributed by atoms with Gasteiger partial charge in [-0.3, -0.25) is 4.79 Å². The molecule has 1 aliphatic rings. The molecule has 0 aromatic heterocycles. The van der Waals surface area contributed by atoms with Crippen LogP contribution in [0.4, 0.5) is 0 Å². The molecule has 0 bridgehead atoms. The van der Waals surface area contributed by atoms with Crippen LogP contribution in [0.3, 0.4) is 0 Å². The second kappa shape index (κ2) is 7.40. The summed E-state index contributed by atoms with van der Waals surface area (Å²) in [6.07, 6.45) is 2.34. The first-order valence-electron chi connectivity index (χ1n) is 7.77. The molecule has 1 aliphatic heterocycles. The molecule has 1 heterocycles. The van der Waals surface area contributed by atoms with E-state index in [0.29, 0.717) is 30.9 Å². The summed E-state index contributed by atoms with van der Waals surface area (Å²) < 4.78 is 35.4. The Bertz CT molecular complexity index is 704. The van der Waals surface area contributed by atoms with E-state index in [2.05, 4.69) is 5.32 Å². The van der Waals surface area contributed by atoms with Crippen molar-refractivity contribution in [2.75, 3.05) is 27.0 Å². The Morgan fingerprint density at radius 2 is 2.04 bits per heavy atom. The van der Waals surface area contributed by atoms with Gasteiger partial charge in [0.2, 0.25) is 15.9 Å². The SMILES string of the molecule is COc1ccc(OC)c([C@@H](C)NC(=O)[C@H]2CCCN2S(C)(=O)=O)c1. The van der Waals surface area contributed by atoms with Crippen LogP contribution in [-0.4, -0.2) is 51.7 Å². The molecule has 2 rings (SSSR count). The second-order valence-electron chi connectivity index (χ2n) is 5.87. The highest BCUT2D eigenvalue weighted by atomic mass is 32.2. The van der Waals surface area contributed by atoms with Gasteiger partial charge in [0.1, 0.15) is 17.5 Å². The molecular weight excluding hydrogens is 332 g/mol. The zero-order valence-corrected chi connectivity index (χ0v) is 15.2. The largest absolute Gasteiger partial charge is 0.497 e. The smallest absolute Gasteiger partial charge is 0.238 e. The predicted octanol–water partition coefficient (Wildman–Crippen LogP) is 1.30. The van der Waals surface area contributed by atoms with Gasteiger partial charge < -0.3 is 14.8 Å². The number of amides is 1. The monoisotopic (exact) mass is 356 g/mol. The number of nitrogens with zero attached hydrogens (tertiary/aromatic N) is 1. The molecule has 8 heteroatoms. The summed E-state index contributed by atoms with van der Waals surface area (Å²) >= 11 is 0. The average molecular weight is 356 g/mol. The Kier molecular flexibility index (Phi) is 5.71. The average Bonchev–Trinajstić information content (AvgIpc) is 3.04. The number of ether oxygens (including phenoxy) is 2. The molecule has 24 heavy (non-hydrogen) atoms.